The van der Waals surface area contributed by atoms with Crippen LogP contribution in [0.3, 0.4) is 0 Å². The summed E-state index contributed by atoms with van der Waals surface area (Å²) in [7, 11) is 0. The van der Waals surface area contributed by atoms with E-state index < -0.39 is 0 Å². The lowest BCUT2D eigenvalue weighted by Gasteiger charge is -2.27. The highest BCUT2D eigenvalue weighted by atomic mass is 16.3. The van der Waals surface area contributed by atoms with Crippen molar-refractivity contribution in [3.05, 3.63) is 12.2 Å². The van der Waals surface area contributed by atoms with Crippen LogP contribution in [0.25, 0.3) is 0 Å². The summed E-state index contributed by atoms with van der Waals surface area (Å²) in [5, 5.41) is 14.2. The van der Waals surface area contributed by atoms with Gasteiger partial charge in [0.25, 0.3) is 0 Å². The Bertz CT molecular complexity index is 335. The van der Waals surface area contributed by atoms with Crippen LogP contribution in [0.5, 0.6) is 0 Å². The predicted octanol–water partition coefficient (Wildman–Crippen LogP) is 1.95. The third-order valence-electron chi connectivity index (χ3n) is 3.45. The van der Waals surface area contributed by atoms with Gasteiger partial charge in [-0.3, -0.25) is 0 Å². The van der Waals surface area contributed by atoms with Crippen molar-refractivity contribution in [1.82, 2.24) is 14.8 Å². The summed E-state index contributed by atoms with van der Waals surface area (Å²) < 4.78 is 1.96. The number of aliphatic hydroxyl groups is 1. The fourth-order valence-corrected chi connectivity index (χ4v) is 2.51. The Balaban J connectivity index is 2.04. The zero-order valence-electron chi connectivity index (χ0n) is 10.1. The Labute approximate surface area is 96.7 Å². The van der Waals surface area contributed by atoms with E-state index in [0.717, 1.165) is 31.5 Å². The summed E-state index contributed by atoms with van der Waals surface area (Å²) in [6, 6.07) is 0.346. The molecule has 0 bridgehead atoms. The fourth-order valence-electron chi connectivity index (χ4n) is 2.51. The Kier molecular flexibility index (Phi) is 3.59. The van der Waals surface area contributed by atoms with Gasteiger partial charge in [0.2, 0.25) is 0 Å². The van der Waals surface area contributed by atoms with E-state index >= 15 is 0 Å². The molecule has 1 N–H and O–H groups in total. The van der Waals surface area contributed by atoms with Gasteiger partial charge in [-0.15, -0.1) is 0 Å². The highest BCUT2D eigenvalue weighted by Crippen LogP contribution is 2.27. The standard InChI is InChI=1S/C12H21N3O/c1-9(2)15-12(13-8-14-15)7-10-5-3-4-6-11(10)16/h8-11,16H,3-7H2,1-2H3. The third-order valence-corrected chi connectivity index (χ3v) is 3.45. The molecule has 16 heavy (non-hydrogen) atoms. The molecule has 90 valence electrons. The Morgan fingerprint density at radius 2 is 2.19 bits per heavy atom. The van der Waals surface area contributed by atoms with Crippen molar-refractivity contribution in [3.8, 4) is 0 Å². The maximum atomic E-state index is 9.94. The molecule has 1 aromatic rings. The van der Waals surface area contributed by atoms with Gasteiger partial charge in [-0.05, 0) is 32.6 Å². The number of rotatable bonds is 3. The van der Waals surface area contributed by atoms with E-state index in [9.17, 15) is 5.11 Å². The van der Waals surface area contributed by atoms with E-state index in [1.807, 2.05) is 4.68 Å². The van der Waals surface area contributed by atoms with Gasteiger partial charge in [0.1, 0.15) is 12.2 Å². The zero-order valence-corrected chi connectivity index (χ0v) is 10.1. The molecule has 1 heterocycles. The smallest absolute Gasteiger partial charge is 0.138 e. The van der Waals surface area contributed by atoms with Crippen molar-refractivity contribution >= 4 is 0 Å². The first-order valence-corrected chi connectivity index (χ1v) is 6.25. The largest absolute Gasteiger partial charge is 0.393 e. The lowest BCUT2D eigenvalue weighted by Crippen LogP contribution is -2.27. The van der Waals surface area contributed by atoms with Gasteiger partial charge in [0.15, 0.2) is 0 Å². The summed E-state index contributed by atoms with van der Waals surface area (Å²) in [6.07, 6.45) is 6.79. The molecule has 1 fully saturated rings. The quantitative estimate of drug-likeness (QED) is 0.852. The molecule has 4 heteroatoms. The van der Waals surface area contributed by atoms with E-state index in [0.29, 0.717) is 12.0 Å². The topological polar surface area (TPSA) is 50.9 Å². The van der Waals surface area contributed by atoms with Crippen molar-refractivity contribution in [2.45, 2.75) is 58.1 Å². The van der Waals surface area contributed by atoms with Gasteiger partial charge in [0, 0.05) is 12.5 Å². The van der Waals surface area contributed by atoms with Crippen LogP contribution in [0.15, 0.2) is 6.33 Å². The predicted molar refractivity (Wildman–Crippen MR) is 62.1 cm³/mol. The third kappa shape index (κ3) is 2.43. The van der Waals surface area contributed by atoms with Crippen LogP contribution in [-0.4, -0.2) is 26.0 Å². The average Bonchev–Trinajstić information content (AvgIpc) is 2.69. The van der Waals surface area contributed by atoms with Gasteiger partial charge < -0.3 is 5.11 Å². The Morgan fingerprint density at radius 1 is 1.44 bits per heavy atom. The van der Waals surface area contributed by atoms with Gasteiger partial charge >= 0.3 is 0 Å². The molecule has 0 aromatic carbocycles. The molecular formula is C12H21N3O. The van der Waals surface area contributed by atoms with Gasteiger partial charge in [-0.1, -0.05) is 12.8 Å². The first-order valence-electron chi connectivity index (χ1n) is 6.25. The van der Waals surface area contributed by atoms with Crippen LogP contribution < -0.4 is 0 Å². The molecule has 2 rings (SSSR count). The minimum atomic E-state index is -0.147. The van der Waals surface area contributed by atoms with Crippen molar-refractivity contribution in [1.29, 1.82) is 0 Å². The molecule has 0 radical (unpaired) electrons. The first kappa shape index (κ1) is 11.6. The summed E-state index contributed by atoms with van der Waals surface area (Å²) in [4.78, 5) is 4.31. The second-order valence-corrected chi connectivity index (χ2v) is 5.03. The fraction of sp³-hybridized carbons (Fsp3) is 0.833. The molecule has 0 spiro atoms. The maximum Gasteiger partial charge on any atom is 0.138 e. The van der Waals surface area contributed by atoms with Crippen molar-refractivity contribution in [3.63, 3.8) is 0 Å². The van der Waals surface area contributed by atoms with Crippen molar-refractivity contribution in [2.75, 3.05) is 0 Å². The molecule has 2 atom stereocenters. The van der Waals surface area contributed by atoms with Gasteiger partial charge in [-0.25, -0.2) is 9.67 Å². The zero-order chi connectivity index (χ0) is 11.5. The van der Waals surface area contributed by atoms with Crippen LogP contribution in [0.4, 0.5) is 0 Å². The lowest BCUT2D eigenvalue weighted by molar-refractivity contribution is 0.0682. The lowest BCUT2D eigenvalue weighted by atomic mass is 9.84. The summed E-state index contributed by atoms with van der Waals surface area (Å²) in [6.45, 7) is 4.21. The molecule has 2 unspecified atom stereocenters. The van der Waals surface area contributed by atoms with Crippen LogP contribution in [-0.2, 0) is 6.42 Å². The SMILES string of the molecule is CC(C)n1ncnc1CC1CCCCC1O. The summed E-state index contributed by atoms with van der Waals surface area (Å²) >= 11 is 0. The maximum absolute atomic E-state index is 9.94. The number of aromatic nitrogens is 3. The van der Waals surface area contributed by atoms with E-state index in [1.54, 1.807) is 6.33 Å². The number of aliphatic hydroxyl groups excluding tert-OH is 1. The van der Waals surface area contributed by atoms with Gasteiger partial charge in [0.05, 0.1) is 6.10 Å². The Hall–Kier alpha value is -0.900. The van der Waals surface area contributed by atoms with E-state index in [4.69, 9.17) is 0 Å². The molecule has 1 aliphatic carbocycles. The molecule has 4 nitrogen and oxygen atoms in total. The normalized spacial score (nSPS) is 26.2. The monoisotopic (exact) mass is 223 g/mol. The minimum absolute atomic E-state index is 0.147. The van der Waals surface area contributed by atoms with Crippen LogP contribution in [0.2, 0.25) is 0 Å². The molecule has 0 saturated heterocycles. The number of nitrogens with zero attached hydrogens (tertiary/aromatic N) is 3. The molecule has 1 saturated carbocycles. The summed E-state index contributed by atoms with van der Waals surface area (Å²) in [5.74, 6) is 1.39. The molecule has 1 aromatic heterocycles. The molecule has 0 aliphatic heterocycles. The molecular weight excluding hydrogens is 202 g/mol. The number of hydrogen-bond donors (Lipinski definition) is 1. The molecule has 0 amide bonds. The van der Waals surface area contributed by atoms with E-state index in [1.165, 1.54) is 6.42 Å². The Morgan fingerprint density at radius 3 is 2.88 bits per heavy atom. The van der Waals surface area contributed by atoms with Crippen LogP contribution in [0, 0.1) is 5.92 Å². The second kappa shape index (κ2) is 4.95. The second-order valence-electron chi connectivity index (χ2n) is 5.03. The minimum Gasteiger partial charge on any atom is -0.393 e. The average molecular weight is 223 g/mol. The first-order chi connectivity index (χ1) is 7.68. The summed E-state index contributed by atoms with van der Waals surface area (Å²) in [5.41, 5.74) is 0. The highest BCUT2D eigenvalue weighted by molar-refractivity contribution is 4.91. The van der Waals surface area contributed by atoms with E-state index in [-0.39, 0.29) is 6.10 Å². The highest BCUT2D eigenvalue weighted by Gasteiger charge is 2.25. The van der Waals surface area contributed by atoms with Crippen molar-refractivity contribution in [2.24, 2.45) is 5.92 Å². The van der Waals surface area contributed by atoms with E-state index in [2.05, 4.69) is 23.9 Å². The molecule has 1 aliphatic rings. The number of hydrogen-bond acceptors (Lipinski definition) is 3. The van der Waals surface area contributed by atoms with Gasteiger partial charge in [-0.2, -0.15) is 5.10 Å². The van der Waals surface area contributed by atoms with Crippen LogP contribution in [0.1, 0.15) is 51.4 Å². The van der Waals surface area contributed by atoms with Crippen LogP contribution >= 0.6 is 0 Å². The van der Waals surface area contributed by atoms with Crippen molar-refractivity contribution < 1.29 is 5.11 Å².